The van der Waals surface area contributed by atoms with Gasteiger partial charge >= 0.3 is 0 Å². The molecule has 0 aromatic carbocycles. The van der Waals surface area contributed by atoms with Crippen LogP contribution in [-0.2, 0) is 0 Å². The molecule has 2 nitrogen and oxygen atoms in total. The molecule has 64 valence electrons. The van der Waals surface area contributed by atoms with Gasteiger partial charge in [0.1, 0.15) is 0 Å². The standard InChI is InChI=1S/C9H18N2/c1-3-9(2)6-11(7-9)8-4-10-5-8/h8,10H,3-7H2,1-2H3. The van der Waals surface area contributed by atoms with E-state index in [-0.39, 0.29) is 0 Å². The molecule has 0 bridgehead atoms. The summed E-state index contributed by atoms with van der Waals surface area (Å²) >= 11 is 0. The fourth-order valence-electron chi connectivity index (χ4n) is 1.95. The van der Waals surface area contributed by atoms with Crippen LogP contribution in [-0.4, -0.2) is 37.1 Å². The zero-order chi connectivity index (χ0) is 7.90. The van der Waals surface area contributed by atoms with Crippen LogP contribution in [0.2, 0.25) is 0 Å². The monoisotopic (exact) mass is 154 g/mol. The Bertz CT molecular complexity index is 146. The minimum atomic E-state index is 0.648. The third kappa shape index (κ3) is 1.18. The number of nitrogens with one attached hydrogen (secondary N) is 1. The average molecular weight is 154 g/mol. The van der Waals surface area contributed by atoms with Crippen LogP contribution in [0, 0.1) is 5.41 Å². The van der Waals surface area contributed by atoms with Crippen LogP contribution >= 0.6 is 0 Å². The Balaban J connectivity index is 1.78. The Kier molecular flexibility index (Phi) is 1.69. The van der Waals surface area contributed by atoms with Gasteiger partial charge in [0.15, 0.2) is 0 Å². The maximum absolute atomic E-state index is 3.31. The van der Waals surface area contributed by atoms with Gasteiger partial charge in [-0.1, -0.05) is 13.8 Å². The summed E-state index contributed by atoms with van der Waals surface area (Å²) in [5, 5.41) is 3.31. The van der Waals surface area contributed by atoms with Gasteiger partial charge in [-0.25, -0.2) is 0 Å². The zero-order valence-electron chi connectivity index (χ0n) is 7.56. The van der Waals surface area contributed by atoms with Gasteiger partial charge in [0.25, 0.3) is 0 Å². The first-order chi connectivity index (χ1) is 5.23. The molecule has 0 aliphatic carbocycles. The average Bonchev–Trinajstić information content (AvgIpc) is 1.80. The van der Waals surface area contributed by atoms with E-state index in [9.17, 15) is 0 Å². The van der Waals surface area contributed by atoms with Crippen LogP contribution < -0.4 is 5.32 Å². The van der Waals surface area contributed by atoms with E-state index in [1.165, 1.54) is 32.6 Å². The zero-order valence-corrected chi connectivity index (χ0v) is 7.56. The number of hydrogen-bond donors (Lipinski definition) is 1. The Hall–Kier alpha value is -0.0800. The lowest BCUT2D eigenvalue weighted by Crippen LogP contribution is -2.67. The summed E-state index contributed by atoms with van der Waals surface area (Å²) in [6.07, 6.45) is 1.34. The third-order valence-electron chi connectivity index (χ3n) is 3.30. The van der Waals surface area contributed by atoms with Crippen molar-refractivity contribution in [1.82, 2.24) is 10.2 Å². The lowest BCUT2D eigenvalue weighted by atomic mass is 9.78. The Morgan fingerprint density at radius 3 is 2.45 bits per heavy atom. The van der Waals surface area contributed by atoms with Gasteiger partial charge in [-0.05, 0) is 11.8 Å². The molecule has 2 heteroatoms. The summed E-state index contributed by atoms with van der Waals surface area (Å²) in [6.45, 7) is 9.80. The molecule has 2 fully saturated rings. The molecule has 0 amide bonds. The van der Waals surface area contributed by atoms with Crippen LogP contribution in [0.1, 0.15) is 20.3 Å². The maximum atomic E-state index is 3.31. The van der Waals surface area contributed by atoms with E-state index in [1.807, 2.05) is 0 Å². The van der Waals surface area contributed by atoms with Gasteiger partial charge in [0, 0.05) is 32.2 Å². The number of nitrogens with zero attached hydrogens (tertiary/aromatic N) is 1. The molecule has 2 aliphatic rings. The molecule has 0 saturated carbocycles. The second-order valence-electron chi connectivity index (χ2n) is 4.38. The molecular weight excluding hydrogens is 136 g/mol. The van der Waals surface area contributed by atoms with Crippen molar-refractivity contribution < 1.29 is 0 Å². The summed E-state index contributed by atoms with van der Waals surface area (Å²) in [6, 6.07) is 0.870. The maximum Gasteiger partial charge on any atom is 0.0345 e. The highest BCUT2D eigenvalue weighted by atomic mass is 15.3. The second-order valence-corrected chi connectivity index (χ2v) is 4.38. The van der Waals surface area contributed by atoms with E-state index in [0.717, 1.165) is 6.04 Å². The number of rotatable bonds is 2. The smallest absolute Gasteiger partial charge is 0.0345 e. The topological polar surface area (TPSA) is 15.3 Å². The first-order valence-corrected chi connectivity index (χ1v) is 4.68. The van der Waals surface area contributed by atoms with Gasteiger partial charge in [-0.3, -0.25) is 4.90 Å². The molecule has 2 saturated heterocycles. The normalized spacial score (nSPS) is 31.1. The van der Waals surface area contributed by atoms with Crippen LogP contribution in [0.3, 0.4) is 0 Å². The quantitative estimate of drug-likeness (QED) is 0.629. The molecule has 0 atom stereocenters. The van der Waals surface area contributed by atoms with Crippen molar-refractivity contribution in [3.63, 3.8) is 0 Å². The molecule has 2 rings (SSSR count). The minimum Gasteiger partial charge on any atom is -0.314 e. The van der Waals surface area contributed by atoms with E-state index >= 15 is 0 Å². The van der Waals surface area contributed by atoms with E-state index in [1.54, 1.807) is 0 Å². The van der Waals surface area contributed by atoms with Gasteiger partial charge < -0.3 is 5.32 Å². The number of likely N-dealkylation sites (tertiary alicyclic amines) is 1. The molecule has 0 spiro atoms. The summed E-state index contributed by atoms with van der Waals surface area (Å²) in [4.78, 5) is 2.61. The van der Waals surface area contributed by atoms with Crippen molar-refractivity contribution >= 4 is 0 Å². The lowest BCUT2D eigenvalue weighted by molar-refractivity contribution is -0.0361. The Morgan fingerprint density at radius 1 is 1.45 bits per heavy atom. The third-order valence-corrected chi connectivity index (χ3v) is 3.30. The van der Waals surface area contributed by atoms with Crippen LogP contribution in [0.5, 0.6) is 0 Å². The highest BCUT2D eigenvalue weighted by Gasteiger charge is 2.41. The molecular formula is C9H18N2. The van der Waals surface area contributed by atoms with E-state index in [2.05, 4.69) is 24.1 Å². The molecule has 0 radical (unpaired) electrons. The van der Waals surface area contributed by atoms with Gasteiger partial charge in [-0.15, -0.1) is 0 Å². The molecule has 2 aliphatic heterocycles. The first kappa shape index (κ1) is 7.56. The van der Waals surface area contributed by atoms with Crippen LogP contribution in [0.15, 0.2) is 0 Å². The summed E-state index contributed by atoms with van der Waals surface area (Å²) in [5.74, 6) is 0. The molecule has 2 heterocycles. The highest BCUT2D eigenvalue weighted by molar-refractivity contribution is 4.97. The Morgan fingerprint density at radius 2 is 2.09 bits per heavy atom. The van der Waals surface area contributed by atoms with Gasteiger partial charge in [-0.2, -0.15) is 0 Å². The molecule has 0 unspecified atom stereocenters. The van der Waals surface area contributed by atoms with Crippen molar-refractivity contribution in [3.8, 4) is 0 Å². The van der Waals surface area contributed by atoms with Crippen molar-refractivity contribution in [1.29, 1.82) is 0 Å². The fourth-order valence-corrected chi connectivity index (χ4v) is 1.95. The van der Waals surface area contributed by atoms with Crippen molar-refractivity contribution in [2.75, 3.05) is 26.2 Å². The van der Waals surface area contributed by atoms with Crippen molar-refractivity contribution in [2.45, 2.75) is 26.3 Å². The summed E-state index contributed by atoms with van der Waals surface area (Å²) in [7, 11) is 0. The SMILES string of the molecule is CCC1(C)CN(C2CNC2)C1. The predicted molar refractivity (Wildman–Crippen MR) is 46.6 cm³/mol. The molecule has 0 aromatic rings. The highest BCUT2D eigenvalue weighted by Crippen LogP contribution is 2.34. The molecule has 0 aromatic heterocycles. The largest absolute Gasteiger partial charge is 0.314 e. The molecule has 11 heavy (non-hydrogen) atoms. The second kappa shape index (κ2) is 2.46. The first-order valence-electron chi connectivity index (χ1n) is 4.68. The fraction of sp³-hybridized carbons (Fsp3) is 1.00. The van der Waals surface area contributed by atoms with Crippen molar-refractivity contribution in [3.05, 3.63) is 0 Å². The van der Waals surface area contributed by atoms with E-state index < -0.39 is 0 Å². The summed E-state index contributed by atoms with van der Waals surface area (Å²) < 4.78 is 0. The van der Waals surface area contributed by atoms with Crippen molar-refractivity contribution in [2.24, 2.45) is 5.41 Å². The minimum absolute atomic E-state index is 0.648. The van der Waals surface area contributed by atoms with Crippen LogP contribution in [0.4, 0.5) is 0 Å². The number of hydrogen-bond acceptors (Lipinski definition) is 2. The predicted octanol–water partition coefficient (Wildman–Crippen LogP) is 0.690. The Labute approximate surface area is 69.0 Å². The summed E-state index contributed by atoms with van der Waals surface area (Å²) in [5.41, 5.74) is 0.648. The van der Waals surface area contributed by atoms with E-state index in [0.29, 0.717) is 5.41 Å². The van der Waals surface area contributed by atoms with Gasteiger partial charge in [0.05, 0.1) is 0 Å². The van der Waals surface area contributed by atoms with Gasteiger partial charge in [0.2, 0.25) is 0 Å². The van der Waals surface area contributed by atoms with E-state index in [4.69, 9.17) is 0 Å². The van der Waals surface area contributed by atoms with Crippen LogP contribution in [0.25, 0.3) is 0 Å². The lowest BCUT2D eigenvalue weighted by Gasteiger charge is -2.54. The molecule has 1 N–H and O–H groups in total.